The van der Waals surface area contributed by atoms with Crippen LogP contribution in [0.1, 0.15) is 44.1 Å². The smallest absolute Gasteiger partial charge is 0.303 e. The molecule has 6 atom stereocenters. The summed E-state index contributed by atoms with van der Waals surface area (Å²) in [7, 11) is 0. The molecule has 9 heteroatoms. The zero-order valence-electron chi connectivity index (χ0n) is 24.2. The van der Waals surface area contributed by atoms with Crippen molar-refractivity contribution >= 4 is 46.1 Å². The molecule has 0 spiro atoms. The van der Waals surface area contributed by atoms with Gasteiger partial charge in [0, 0.05) is 24.3 Å². The number of carbonyl (C=O) groups is 5. The third-order valence-electron chi connectivity index (χ3n) is 10.4. The number of carbonyl (C=O) groups excluding carboxylic acids is 4. The Kier molecular flexibility index (Phi) is 6.46. The Morgan fingerprint density at radius 1 is 0.886 bits per heavy atom. The van der Waals surface area contributed by atoms with Gasteiger partial charge in [0.25, 0.3) is 0 Å². The van der Waals surface area contributed by atoms with Crippen LogP contribution in [0, 0.1) is 29.1 Å². The maximum absolute atomic E-state index is 14.6. The van der Waals surface area contributed by atoms with Crippen LogP contribution in [0.2, 0.25) is 0 Å². The van der Waals surface area contributed by atoms with E-state index in [1.54, 1.807) is 30.3 Å². The fourth-order valence-corrected chi connectivity index (χ4v) is 8.41. The fraction of sp³-hybridized carbons (Fsp3) is 0.343. The lowest BCUT2D eigenvalue weighted by Crippen LogP contribution is -2.49. The Hall–Kier alpha value is -4.79. The highest BCUT2D eigenvalue weighted by Gasteiger charge is 2.67. The molecule has 9 nitrogen and oxygen atoms in total. The highest BCUT2D eigenvalue weighted by atomic mass is 16.4. The molecular weight excluding hydrogens is 560 g/mol. The van der Waals surface area contributed by atoms with Crippen LogP contribution in [-0.4, -0.2) is 51.3 Å². The second-order valence-electron chi connectivity index (χ2n) is 12.5. The van der Waals surface area contributed by atoms with Crippen molar-refractivity contribution in [2.45, 2.75) is 38.5 Å². The highest BCUT2D eigenvalue weighted by molar-refractivity contribution is 6.24. The van der Waals surface area contributed by atoms with Crippen molar-refractivity contribution in [1.82, 2.24) is 4.90 Å². The average Bonchev–Trinajstić information content (AvgIpc) is 3.37. The first kappa shape index (κ1) is 28.0. The minimum absolute atomic E-state index is 0.0331. The Balaban J connectivity index is 1.38. The van der Waals surface area contributed by atoms with E-state index in [0.717, 1.165) is 16.5 Å². The summed E-state index contributed by atoms with van der Waals surface area (Å²) in [6.45, 7) is 1.88. The molecule has 2 aliphatic heterocycles. The highest BCUT2D eigenvalue weighted by Crippen LogP contribution is 2.64. The molecule has 224 valence electrons. The third-order valence-corrected chi connectivity index (χ3v) is 10.4. The molecule has 3 aromatic carbocycles. The van der Waals surface area contributed by atoms with Crippen molar-refractivity contribution in [3.63, 3.8) is 0 Å². The van der Waals surface area contributed by atoms with Crippen LogP contribution >= 0.6 is 0 Å². The van der Waals surface area contributed by atoms with E-state index in [-0.39, 0.29) is 55.2 Å². The van der Waals surface area contributed by atoms with Crippen molar-refractivity contribution in [3.05, 3.63) is 83.9 Å². The molecule has 6 unspecified atom stereocenters. The van der Waals surface area contributed by atoms with Gasteiger partial charge in [-0.15, -0.1) is 0 Å². The number of anilines is 1. The average molecular weight is 593 g/mol. The van der Waals surface area contributed by atoms with Gasteiger partial charge in [-0.3, -0.25) is 28.9 Å². The van der Waals surface area contributed by atoms with E-state index in [4.69, 9.17) is 5.11 Å². The number of allylic oxidation sites excluding steroid dienone is 2. The molecule has 0 bridgehead atoms. The van der Waals surface area contributed by atoms with Crippen LogP contribution in [0.5, 0.6) is 5.75 Å². The van der Waals surface area contributed by atoms with Crippen molar-refractivity contribution in [1.29, 1.82) is 0 Å². The normalized spacial score (nSPS) is 29.5. The number of aromatic hydroxyl groups is 1. The number of amides is 4. The lowest BCUT2D eigenvalue weighted by Gasteiger charge is -2.49. The number of aliphatic carboxylic acids is 1. The lowest BCUT2D eigenvalue weighted by molar-refractivity contribution is -0.142. The number of hydrogen-bond donors (Lipinski definition) is 2. The zero-order valence-corrected chi connectivity index (χ0v) is 24.2. The van der Waals surface area contributed by atoms with Crippen LogP contribution in [0.4, 0.5) is 5.69 Å². The van der Waals surface area contributed by atoms with Crippen molar-refractivity contribution in [3.8, 4) is 5.75 Å². The number of imide groups is 2. The number of phenols is 1. The van der Waals surface area contributed by atoms with E-state index in [1.807, 2.05) is 49.4 Å². The van der Waals surface area contributed by atoms with Crippen LogP contribution in [-0.2, 0) is 24.0 Å². The van der Waals surface area contributed by atoms with E-state index in [0.29, 0.717) is 17.5 Å². The van der Waals surface area contributed by atoms with E-state index in [2.05, 4.69) is 0 Å². The third kappa shape index (κ3) is 3.87. The molecule has 4 amide bonds. The van der Waals surface area contributed by atoms with E-state index >= 15 is 0 Å². The summed E-state index contributed by atoms with van der Waals surface area (Å²) < 4.78 is 0. The SMILES string of the molecule is CC12C(=O)N(c3ccccc3)C(=O)C1CC1C(=CCC3C(=O)N(CCCC(=O)O)C(=O)C31)C2c1ccc(O)c2ccccc12. The predicted octanol–water partition coefficient (Wildman–Crippen LogP) is 4.64. The molecular formula is C35H32N2O7. The number of rotatable bonds is 6. The van der Waals surface area contributed by atoms with Crippen LogP contribution < -0.4 is 4.90 Å². The Bertz CT molecular complexity index is 1780. The number of phenolic OH excluding ortho intramolecular Hbond substituents is 1. The molecule has 0 aromatic heterocycles. The topological polar surface area (TPSA) is 132 Å². The van der Waals surface area contributed by atoms with E-state index in [9.17, 15) is 29.1 Å². The van der Waals surface area contributed by atoms with E-state index < -0.39 is 41.0 Å². The van der Waals surface area contributed by atoms with Gasteiger partial charge in [-0.05, 0) is 61.3 Å². The zero-order chi connectivity index (χ0) is 30.9. The minimum Gasteiger partial charge on any atom is -0.507 e. The standard InChI is InChI=1S/C35H32N2O7/c1-35-26(32(42)37(34(35)44)19-8-3-2-4-9-19)18-25-23(30(35)22-15-16-27(38)21-11-6-5-10-20(21)22)13-14-24-29(25)33(43)36(31(24)41)17-7-12-28(39)40/h2-6,8-11,13,15-16,24-26,29-30,38H,7,12,14,17-18H2,1H3,(H,39,40). The number of carboxylic acid groups (broad SMARTS) is 1. The first-order valence-electron chi connectivity index (χ1n) is 15.1. The quantitative estimate of drug-likeness (QED) is 0.315. The molecule has 2 aliphatic carbocycles. The summed E-state index contributed by atoms with van der Waals surface area (Å²) in [5.74, 6) is -5.27. The summed E-state index contributed by atoms with van der Waals surface area (Å²) in [5, 5.41) is 21.2. The molecule has 0 radical (unpaired) electrons. The molecule has 2 heterocycles. The van der Waals surface area contributed by atoms with Crippen LogP contribution in [0.3, 0.4) is 0 Å². The summed E-state index contributed by atoms with van der Waals surface area (Å²) in [6, 6.07) is 19.7. The fourth-order valence-electron chi connectivity index (χ4n) is 8.41. The van der Waals surface area contributed by atoms with Gasteiger partial charge < -0.3 is 10.2 Å². The van der Waals surface area contributed by atoms with Crippen molar-refractivity contribution in [2.75, 3.05) is 11.4 Å². The summed E-state index contributed by atoms with van der Waals surface area (Å²) >= 11 is 0. The van der Waals surface area contributed by atoms with Crippen LogP contribution in [0.15, 0.2) is 78.4 Å². The monoisotopic (exact) mass is 592 g/mol. The summed E-state index contributed by atoms with van der Waals surface area (Å²) in [5.41, 5.74) is 0.949. The maximum Gasteiger partial charge on any atom is 0.303 e. The Morgan fingerprint density at radius 2 is 1.59 bits per heavy atom. The van der Waals surface area contributed by atoms with Gasteiger partial charge >= 0.3 is 5.97 Å². The lowest BCUT2D eigenvalue weighted by atomic mass is 9.51. The predicted molar refractivity (Wildman–Crippen MR) is 160 cm³/mol. The van der Waals surface area contributed by atoms with Crippen molar-refractivity contribution < 1.29 is 34.2 Å². The van der Waals surface area contributed by atoms with Gasteiger partial charge in [0.1, 0.15) is 5.75 Å². The number of likely N-dealkylation sites (tertiary alicyclic amines) is 1. The van der Waals surface area contributed by atoms with Crippen molar-refractivity contribution in [2.24, 2.45) is 29.1 Å². The molecule has 3 fully saturated rings. The van der Waals surface area contributed by atoms with Gasteiger partial charge in [0.05, 0.1) is 28.9 Å². The summed E-state index contributed by atoms with van der Waals surface area (Å²) in [6.07, 6.45) is 2.56. The molecule has 3 aromatic rings. The number of hydrogen-bond acceptors (Lipinski definition) is 6. The number of benzene rings is 3. The van der Waals surface area contributed by atoms with Crippen LogP contribution in [0.25, 0.3) is 10.8 Å². The van der Waals surface area contributed by atoms with Gasteiger partial charge in [-0.1, -0.05) is 60.2 Å². The number of nitrogens with zero attached hydrogens (tertiary/aromatic N) is 2. The first-order valence-corrected chi connectivity index (χ1v) is 15.1. The number of fused-ring (bicyclic) bond motifs is 5. The second kappa shape index (κ2) is 10.1. The molecule has 4 aliphatic rings. The van der Waals surface area contributed by atoms with Gasteiger partial charge in [0.15, 0.2) is 0 Å². The minimum atomic E-state index is -1.19. The summed E-state index contributed by atoms with van der Waals surface area (Å²) in [4.78, 5) is 69.8. The molecule has 2 saturated heterocycles. The number of carboxylic acids is 1. The van der Waals surface area contributed by atoms with Gasteiger partial charge in [0.2, 0.25) is 23.6 Å². The molecule has 2 N–H and O–H groups in total. The number of para-hydroxylation sites is 1. The van der Waals surface area contributed by atoms with Gasteiger partial charge in [-0.2, -0.15) is 0 Å². The molecule has 1 saturated carbocycles. The molecule has 7 rings (SSSR count). The van der Waals surface area contributed by atoms with E-state index in [1.165, 1.54) is 9.80 Å². The Labute approximate surface area is 253 Å². The van der Waals surface area contributed by atoms with Gasteiger partial charge in [-0.25, -0.2) is 4.90 Å². The molecule has 44 heavy (non-hydrogen) atoms. The second-order valence-corrected chi connectivity index (χ2v) is 12.5. The largest absolute Gasteiger partial charge is 0.507 e. The first-order chi connectivity index (χ1) is 21.1. The Morgan fingerprint density at radius 3 is 2.32 bits per heavy atom. The maximum atomic E-state index is 14.6.